The van der Waals surface area contributed by atoms with E-state index in [1.165, 1.54) is 12.4 Å². The van der Waals surface area contributed by atoms with Crippen molar-refractivity contribution in [2.75, 3.05) is 18.1 Å². The van der Waals surface area contributed by atoms with Gasteiger partial charge in [0.25, 0.3) is 0 Å². The molecule has 1 saturated heterocycles. The normalized spacial score (nSPS) is 21.6. The van der Waals surface area contributed by atoms with Crippen molar-refractivity contribution in [2.24, 2.45) is 5.92 Å². The number of alkyl halides is 3. The van der Waals surface area contributed by atoms with Crippen LogP contribution in [0.15, 0.2) is 18.5 Å². The molecule has 106 valence electrons. The molecule has 2 unspecified atom stereocenters. The number of rotatable bonds is 4. The van der Waals surface area contributed by atoms with Crippen molar-refractivity contribution >= 4 is 11.8 Å². The Labute approximate surface area is 115 Å². The molecular formula is C13H17F3N2S. The Morgan fingerprint density at radius 3 is 2.89 bits per heavy atom. The van der Waals surface area contributed by atoms with Gasteiger partial charge in [-0.15, -0.1) is 0 Å². The highest BCUT2D eigenvalue weighted by Crippen LogP contribution is 2.39. The third-order valence-corrected chi connectivity index (χ3v) is 4.54. The van der Waals surface area contributed by atoms with E-state index in [9.17, 15) is 13.2 Å². The lowest BCUT2D eigenvalue weighted by Crippen LogP contribution is -2.30. The Morgan fingerprint density at radius 1 is 1.53 bits per heavy atom. The highest BCUT2D eigenvalue weighted by atomic mass is 32.2. The van der Waals surface area contributed by atoms with Crippen molar-refractivity contribution in [3.05, 3.63) is 29.6 Å². The molecule has 2 heterocycles. The number of pyridine rings is 1. The molecule has 0 saturated carbocycles. The predicted molar refractivity (Wildman–Crippen MR) is 71.1 cm³/mol. The van der Waals surface area contributed by atoms with Gasteiger partial charge in [0.1, 0.15) is 0 Å². The van der Waals surface area contributed by atoms with Gasteiger partial charge < -0.3 is 5.32 Å². The second kappa shape index (κ2) is 6.13. The van der Waals surface area contributed by atoms with Gasteiger partial charge in [-0.1, -0.05) is 6.92 Å². The van der Waals surface area contributed by atoms with Gasteiger partial charge in [0.2, 0.25) is 0 Å². The van der Waals surface area contributed by atoms with Crippen LogP contribution in [0.3, 0.4) is 0 Å². The van der Waals surface area contributed by atoms with Crippen LogP contribution >= 0.6 is 11.8 Å². The maximum Gasteiger partial charge on any atom is 0.416 e. The second-order valence-electron chi connectivity index (χ2n) is 4.62. The monoisotopic (exact) mass is 290 g/mol. The zero-order chi connectivity index (χ0) is 13.9. The summed E-state index contributed by atoms with van der Waals surface area (Å²) >= 11 is 1.80. The average molecular weight is 290 g/mol. The highest BCUT2D eigenvalue weighted by Gasteiger charge is 2.37. The van der Waals surface area contributed by atoms with E-state index in [-0.39, 0.29) is 17.5 Å². The van der Waals surface area contributed by atoms with Gasteiger partial charge in [-0.05, 0) is 42.0 Å². The maximum absolute atomic E-state index is 13.1. The highest BCUT2D eigenvalue weighted by molar-refractivity contribution is 7.99. The summed E-state index contributed by atoms with van der Waals surface area (Å²) in [6, 6.07) is 0.812. The summed E-state index contributed by atoms with van der Waals surface area (Å²) in [5, 5.41) is 3.20. The zero-order valence-corrected chi connectivity index (χ0v) is 11.5. The van der Waals surface area contributed by atoms with Gasteiger partial charge in [-0.2, -0.15) is 24.9 Å². The maximum atomic E-state index is 13.1. The number of hydrogen-bond donors (Lipinski definition) is 1. The summed E-state index contributed by atoms with van der Waals surface area (Å²) in [6.45, 7) is 2.57. The minimum atomic E-state index is -4.32. The van der Waals surface area contributed by atoms with E-state index in [1.54, 1.807) is 11.8 Å². The molecule has 1 aromatic heterocycles. The third kappa shape index (κ3) is 3.42. The Balaban J connectivity index is 2.35. The molecule has 1 aliphatic rings. The lowest BCUT2D eigenvalue weighted by atomic mass is 9.90. The first-order chi connectivity index (χ1) is 9.04. The topological polar surface area (TPSA) is 24.9 Å². The van der Waals surface area contributed by atoms with Gasteiger partial charge in [0, 0.05) is 18.4 Å². The van der Waals surface area contributed by atoms with E-state index in [4.69, 9.17) is 0 Å². The van der Waals surface area contributed by atoms with Crippen molar-refractivity contribution < 1.29 is 13.2 Å². The van der Waals surface area contributed by atoms with Crippen LogP contribution in [0.1, 0.15) is 30.5 Å². The lowest BCUT2D eigenvalue weighted by molar-refractivity contribution is -0.138. The van der Waals surface area contributed by atoms with Gasteiger partial charge in [0.15, 0.2) is 0 Å². The fourth-order valence-electron chi connectivity index (χ4n) is 2.48. The minimum Gasteiger partial charge on any atom is -0.310 e. The van der Waals surface area contributed by atoms with Gasteiger partial charge in [0.05, 0.1) is 5.56 Å². The largest absolute Gasteiger partial charge is 0.416 e. The van der Waals surface area contributed by atoms with Crippen molar-refractivity contribution in [2.45, 2.75) is 25.6 Å². The molecule has 1 N–H and O–H groups in total. The van der Waals surface area contributed by atoms with Crippen LogP contribution in [0.2, 0.25) is 0 Å². The molecule has 0 aromatic carbocycles. The summed E-state index contributed by atoms with van der Waals surface area (Å²) in [7, 11) is 0. The molecule has 2 atom stereocenters. The standard InChI is InChI=1S/C13H17F3N2S/c1-2-18-12(9-4-6-19-8-9)10-7-17-5-3-11(10)13(14,15)16/h3,5,7,9,12,18H,2,4,6,8H2,1H3. The molecule has 1 fully saturated rings. The van der Waals surface area contributed by atoms with Crippen LogP contribution in [-0.2, 0) is 6.18 Å². The summed E-state index contributed by atoms with van der Waals surface area (Å²) in [5.74, 6) is 2.17. The van der Waals surface area contributed by atoms with E-state index < -0.39 is 11.7 Å². The zero-order valence-electron chi connectivity index (χ0n) is 10.7. The third-order valence-electron chi connectivity index (χ3n) is 3.35. The first-order valence-corrected chi connectivity index (χ1v) is 7.51. The minimum absolute atomic E-state index is 0.246. The SMILES string of the molecule is CCNC(c1cnccc1C(F)(F)F)C1CCSC1. The van der Waals surface area contributed by atoms with Crippen LogP contribution in [0.4, 0.5) is 13.2 Å². The van der Waals surface area contributed by atoms with Crippen LogP contribution in [0.5, 0.6) is 0 Å². The summed E-state index contributed by atoms with van der Waals surface area (Å²) in [6.07, 6.45) is -0.802. The molecule has 0 radical (unpaired) electrons. The van der Waals surface area contributed by atoms with Gasteiger partial charge in [-0.3, -0.25) is 4.98 Å². The summed E-state index contributed by atoms with van der Waals surface area (Å²) in [4.78, 5) is 3.89. The molecule has 1 aliphatic heterocycles. The molecule has 6 heteroatoms. The predicted octanol–water partition coefficient (Wildman–Crippen LogP) is 3.50. The number of thioether (sulfide) groups is 1. The molecule has 0 bridgehead atoms. The van der Waals surface area contributed by atoms with Crippen LogP contribution in [-0.4, -0.2) is 23.0 Å². The lowest BCUT2D eigenvalue weighted by Gasteiger charge is -2.26. The Kier molecular flexibility index (Phi) is 4.73. The molecule has 2 nitrogen and oxygen atoms in total. The number of nitrogens with zero attached hydrogens (tertiary/aromatic N) is 1. The van der Waals surface area contributed by atoms with Gasteiger partial charge in [-0.25, -0.2) is 0 Å². The molecule has 19 heavy (non-hydrogen) atoms. The first kappa shape index (κ1) is 14.7. The Hall–Kier alpha value is -0.750. The smallest absolute Gasteiger partial charge is 0.310 e. The summed E-state index contributed by atoms with van der Waals surface area (Å²) in [5.41, 5.74) is -0.283. The number of aromatic nitrogens is 1. The Bertz CT molecular complexity index is 417. The fraction of sp³-hybridized carbons (Fsp3) is 0.615. The molecule has 1 aromatic rings. The van der Waals surface area contributed by atoms with E-state index in [1.807, 2.05) is 6.92 Å². The van der Waals surface area contributed by atoms with Crippen molar-refractivity contribution in [1.29, 1.82) is 0 Å². The molecule has 0 spiro atoms. The van der Waals surface area contributed by atoms with Gasteiger partial charge >= 0.3 is 6.18 Å². The molecule has 2 rings (SSSR count). The number of nitrogens with one attached hydrogen (secondary N) is 1. The van der Waals surface area contributed by atoms with Crippen molar-refractivity contribution in [3.8, 4) is 0 Å². The summed E-state index contributed by atoms with van der Waals surface area (Å²) < 4.78 is 39.2. The van der Waals surface area contributed by atoms with Crippen LogP contribution in [0.25, 0.3) is 0 Å². The molecule has 0 amide bonds. The quantitative estimate of drug-likeness (QED) is 0.918. The number of hydrogen-bond acceptors (Lipinski definition) is 3. The average Bonchev–Trinajstić information content (AvgIpc) is 2.88. The second-order valence-corrected chi connectivity index (χ2v) is 5.77. The van der Waals surface area contributed by atoms with Crippen molar-refractivity contribution in [1.82, 2.24) is 10.3 Å². The van der Waals surface area contributed by atoms with E-state index >= 15 is 0 Å². The van der Waals surface area contributed by atoms with Crippen LogP contribution < -0.4 is 5.32 Å². The fourth-order valence-corrected chi connectivity index (χ4v) is 3.78. The van der Waals surface area contributed by atoms with E-state index in [2.05, 4.69) is 10.3 Å². The molecular weight excluding hydrogens is 273 g/mol. The first-order valence-electron chi connectivity index (χ1n) is 6.36. The Morgan fingerprint density at radius 2 is 2.32 bits per heavy atom. The molecule has 0 aliphatic carbocycles. The van der Waals surface area contributed by atoms with E-state index in [0.717, 1.165) is 24.0 Å². The number of halogens is 3. The van der Waals surface area contributed by atoms with E-state index in [0.29, 0.717) is 6.54 Å². The van der Waals surface area contributed by atoms with Crippen molar-refractivity contribution in [3.63, 3.8) is 0 Å². The van der Waals surface area contributed by atoms with Crippen LogP contribution in [0, 0.1) is 5.92 Å².